The number of hydrogen-bond donors (Lipinski definition) is 2. The molecule has 0 fully saturated rings. The monoisotopic (exact) mass is 280 g/mol. The summed E-state index contributed by atoms with van der Waals surface area (Å²) in [5.74, 6) is 0.626. The van der Waals surface area contributed by atoms with Gasteiger partial charge in [-0.2, -0.15) is 0 Å². The quantitative estimate of drug-likeness (QED) is 0.813. The van der Waals surface area contributed by atoms with Crippen LogP contribution in [-0.4, -0.2) is 28.5 Å². The third kappa shape index (κ3) is 3.70. The van der Waals surface area contributed by atoms with Crippen LogP contribution >= 0.6 is 35.0 Å². The van der Waals surface area contributed by atoms with Crippen molar-refractivity contribution >= 4 is 40.8 Å². The minimum atomic E-state index is 0.0562. The predicted molar refractivity (Wildman–Crippen MR) is 70.8 cm³/mol. The molecule has 0 amide bonds. The van der Waals surface area contributed by atoms with Crippen LogP contribution in [0.15, 0.2) is 11.1 Å². The molecule has 1 aromatic heterocycles. The van der Waals surface area contributed by atoms with Gasteiger partial charge in [0.2, 0.25) is 0 Å². The molecule has 0 bridgehead atoms. The van der Waals surface area contributed by atoms with E-state index in [1.165, 1.54) is 11.8 Å². The summed E-state index contributed by atoms with van der Waals surface area (Å²) in [6, 6.07) is 1.67. The van der Waals surface area contributed by atoms with E-state index in [1.54, 1.807) is 6.07 Å². The highest BCUT2D eigenvalue weighted by atomic mass is 35.5. The normalized spacial score (nSPS) is 12.6. The summed E-state index contributed by atoms with van der Waals surface area (Å²) in [5.41, 5.74) is 0. The van der Waals surface area contributed by atoms with Crippen LogP contribution in [0.4, 0.5) is 5.82 Å². The molecule has 1 heterocycles. The van der Waals surface area contributed by atoms with E-state index in [4.69, 9.17) is 28.3 Å². The first kappa shape index (κ1) is 13.9. The second kappa shape index (κ2) is 6.55. The van der Waals surface area contributed by atoms with Crippen LogP contribution in [0.1, 0.15) is 13.8 Å². The number of aliphatic hydroxyl groups is 1. The first-order chi connectivity index (χ1) is 7.58. The second-order valence-electron chi connectivity index (χ2n) is 3.25. The highest BCUT2D eigenvalue weighted by molar-refractivity contribution is 8.00. The summed E-state index contributed by atoms with van der Waals surface area (Å²) in [7, 11) is 0. The summed E-state index contributed by atoms with van der Waals surface area (Å²) in [5, 5.41) is 13.8. The van der Waals surface area contributed by atoms with Gasteiger partial charge in [0, 0.05) is 11.8 Å². The van der Waals surface area contributed by atoms with Crippen molar-refractivity contribution in [2.75, 3.05) is 18.5 Å². The van der Waals surface area contributed by atoms with Crippen molar-refractivity contribution in [3.05, 3.63) is 16.1 Å². The maximum atomic E-state index is 8.98. The largest absolute Gasteiger partial charge is 0.395 e. The number of pyridine rings is 1. The lowest BCUT2D eigenvalue weighted by atomic mass is 10.4. The zero-order valence-corrected chi connectivity index (χ0v) is 11.5. The maximum Gasteiger partial charge on any atom is 0.146 e. The SMILES string of the molecule is CCNc1nc(SC(C)CO)c(Cl)cc1Cl. The van der Waals surface area contributed by atoms with E-state index in [-0.39, 0.29) is 11.9 Å². The number of thioether (sulfide) groups is 1. The Morgan fingerprint density at radius 3 is 2.75 bits per heavy atom. The molecule has 0 aliphatic heterocycles. The first-order valence-corrected chi connectivity index (χ1v) is 6.59. The molecule has 1 unspecified atom stereocenters. The van der Waals surface area contributed by atoms with Crippen molar-refractivity contribution in [2.45, 2.75) is 24.1 Å². The molecule has 0 saturated heterocycles. The molecular formula is C10H14Cl2N2OS. The van der Waals surface area contributed by atoms with Crippen molar-refractivity contribution in [3.63, 3.8) is 0 Å². The molecular weight excluding hydrogens is 267 g/mol. The topological polar surface area (TPSA) is 45.2 Å². The zero-order chi connectivity index (χ0) is 12.1. The molecule has 0 aliphatic rings. The maximum absolute atomic E-state index is 8.98. The smallest absolute Gasteiger partial charge is 0.146 e. The Balaban J connectivity index is 2.95. The Morgan fingerprint density at radius 1 is 1.50 bits per heavy atom. The van der Waals surface area contributed by atoms with Crippen molar-refractivity contribution in [2.24, 2.45) is 0 Å². The van der Waals surface area contributed by atoms with Crippen LogP contribution in [0.2, 0.25) is 10.0 Å². The zero-order valence-electron chi connectivity index (χ0n) is 9.13. The minimum Gasteiger partial charge on any atom is -0.395 e. The number of rotatable bonds is 5. The van der Waals surface area contributed by atoms with Gasteiger partial charge in [-0.05, 0) is 13.0 Å². The van der Waals surface area contributed by atoms with E-state index in [2.05, 4.69) is 10.3 Å². The molecule has 0 saturated carbocycles. The van der Waals surface area contributed by atoms with E-state index < -0.39 is 0 Å². The summed E-state index contributed by atoms with van der Waals surface area (Å²) in [4.78, 5) is 4.33. The summed E-state index contributed by atoms with van der Waals surface area (Å²) < 4.78 is 0. The Morgan fingerprint density at radius 2 is 2.19 bits per heavy atom. The highest BCUT2D eigenvalue weighted by Gasteiger charge is 2.12. The molecule has 1 rings (SSSR count). The van der Waals surface area contributed by atoms with E-state index in [1.807, 2.05) is 13.8 Å². The minimum absolute atomic E-state index is 0.0562. The average molecular weight is 281 g/mol. The fraction of sp³-hybridized carbons (Fsp3) is 0.500. The molecule has 3 nitrogen and oxygen atoms in total. The Hall–Kier alpha value is -0.160. The van der Waals surface area contributed by atoms with Gasteiger partial charge in [0.15, 0.2) is 0 Å². The molecule has 0 aliphatic carbocycles. The van der Waals surface area contributed by atoms with Crippen molar-refractivity contribution in [3.8, 4) is 0 Å². The van der Waals surface area contributed by atoms with Gasteiger partial charge in [-0.3, -0.25) is 0 Å². The third-order valence-electron chi connectivity index (χ3n) is 1.81. The van der Waals surface area contributed by atoms with Crippen LogP contribution in [-0.2, 0) is 0 Å². The van der Waals surface area contributed by atoms with Gasteiger partial charge >= 0.3 is 0 Å². The molecule has 0 spiro atoms. The molecule has 90 valence electrons. The van der Waals surface area contributed by atoms with Crippen LogP contribution in [0.5, 0.6) is 0 Å². The average Bonchev–Trinajstić information content (AvgIpc) is 2.25. The number of aromatic nitrogens is 1. The summed E-state index contributed by atoms with van der Waals surface area (Å²) in [6.07, 6.45) is 0. The fourth-order valence-electron chi connectivity index (χ4n) is 1.05. The van der Waals surface area contributed by atoms with Gasteiger partial charge in [0.25, 0.3) is 0 Å². The van der Waals surface area contributed by atoms with Crippen molar-refractivity contribution < 1.29 is 5.11 Å². The van der Waals surface area contributed by atoms with Gasteiger partial charge in [-0.1, -0.05) is 41.9 Å². The first-order valence-electron chi connectivity index (χ1n) is 4.95. The lowest BCUT2D eigenvalue weighted by Crippen LogP contribution is -2.05. The molecule has 1 atom stereocenters. The Labute approximate surface area is 110 Å². The van der Waals surface area contributed by atoms with Crippen LogP contribution < -0.4 is 5.32 Å². The summed E-state index contributed by atoms with van der Waals surface area (Å²) in [6.45, 7) is 4.70. The Kier molecular flexibility index (Phi) is 5.69. The standard InChI is InChI=1S/C10H14Cl2N2OS/c1-3-13-9-7(11)4-8(12)10(14-9)16-6(2)5-15/h4,6,15H,3,5H2,1-2H3,(H,13,14). The molecule has 1 aromatic rings. The number of hydrogen-bond acceptors (Lipinski definition) is 4. The number of halogens is 2. The second-order valence-corrected chi connectivity index (χ2v) is 5.49. The molecule has 0 radical (unpaired) electrons. The lowest BCUT2D eigenvalue weighted by molar-refractivity contribution is 0.300. The fourth-order valence-corrected chi connectivity index (χ4v) is 2.38. The van der Waals surface area contributed by atoms with Gasteiger partial charge in [-0.15, -0.1) is 0 Å². The molecule has 16 heavy (non-hydrogen) atoms. The van der Waals surface area contributed by atoms with Crippen LogP contribution in [0.3, 0.4) is 0 Å². The number of nitrogens with zero attached hydrogens (tertiary/aromatic N) is 1. The number of nitrogens with one attached hydrogen (secondary N) is 1. The highest BCUT2D eigenvalue weighted by Crippen LogP contribution is 2.33. The number of anilines is 1. The van der Waals surface area contributed by atoms with E-state index in [0.29, 0.717) is 20.9 Å². The predicted octanol–water partition coefficient (Wildman–Crippen LogP) is 3.29. The lowest BCUT2D eigenvalue weighted by Gasteiger charge is -2.11. The van der Waals surface area contributed by atoms with Crippen molar-refractivity contribution in [1.29, 1.82) is 0 Å². The molecule has 2 N–H and O–H groups in total. The van der Waals surface area contributed by atoms with Gasteiger partial charge in [0.1, 0.15) is 10.8 Å². The van der Waals surface area contributed by atoms with Crippen LogP contribution in [0, 0.1) is 0 Å². The van der Waals surface area contributed by atoms with Gasteiger partial charge in [-0.25, -0.2) is 4.98 Å². The van der Waals surface area contributed by atoms with E-state index in [9.17, 15) is 0 Å². The van der Waals surface area contributed by atoms with Gasteiger partial charge < -0.3 is 10.4 Å². The van der Waals surface area contributed by atoms with E-state index in [0.717, 1.165) is 6.54 Å². The molecule has 6 heteroatoms. The van der Waals surface area contributed by atoms with Gasteiger partial charge in [0.05, 0.1) is 16.7 Å². The number of aliphatic hydroxyl groups excluding tert-OH is 1. The molecule has 0 aromatic carbocycles. The third-order valence-corrected chi connectivity index (χ3v) is 3.59. The van der Waals surface area contributed by atoms with E-state index >= 15 is 0 Å². The van der Waals surface area contributed by atoms with Crippen LogP contribution in [0.25, 0.3) is 0 Å². The summed E-state index contributed by atoms with van der Waals surface area (Å²) >= 11 is 13.4. The Bertz CT molecular complexity index is 363. The van der Waals surface area contributed by atoms with Crippen molar-refractivity contribution in [1.82, 2.24) is 4.98 Å².